The summed E-state index contributed by atoms with van der Waals surface area (Å²) >= 11 is 1.33. The lowest BCUT2D eigenvalue weighted by Gasteiger charge is -2.14. The van der Waals surface area contributed by atoms with Crippen molar-refractivity contribution in [3.8, 4) is 0 Å². The van der Waals surface area contributed by atoms with Crippen molar-refractivity contribution in [2.45, 2.75) is 51.4 Å². The zero-order valence-electron chi connectivity index (χ0n) is 9.14. The Balaban J connectivity index is 2.25. The van der Waals surface area contributed by atoms with Crippen molar-refractivity contribution in [3.63, 3.8) is 0 Å². The number of rotatable bonds is 7. The van der Waals surface area contributed by atoms with E-state index in [1.807, 2.05) is 0 Å². The lowest BCUT2D eigenvalue weighted by molar-refractivity contribution is -0.0154. The van der Waals surface area contributed by atoms with Gasteiger partial charge in [-0.05, 0) is 23.2 Å². The van der Waals surface area contributed by atoms with Crippen molar-refractivity contribution >= 4 is 11.3 Å². The standard InChI is InChI=1S/C12H18F2S/c1-2-3-4-5-6-8-12(13,14)11-7-9-15-10-11/h7,9-10H,2-6,8H2,1H3. The maximum absolute atomic E-state index is 13.5. The van der Waals surface area contributed by atoms with E-state index in [1.54, 1.807) is 10.8 Å². The van der Waals surface area contributed by atoms with Crippen LogP contribution in [0.15, 0.2) is 16.8 Å². The van der Waals surface area contributed by atoms with E-state index >= 15 is 0 Å². The predicted octanol–water partition coefficient (Wildman–Crippen LogP) is 5.20. The van der Waals surface area contributed by atoms with Crippen molar-refractivity contribution in [2.24, 2.45) is 0 Å². The average molecular weight is 232 g/mol. The molecule has 0 saturated heterocycles. The van der Waals surface area contributed by atoms with Gasteiger partial charge < -0.3 is 0 Å². The van der Waals surface area contributed by atoms with Gasteiger partial charge in [-0.2, -0.15) is 11.3 Å². The van der Waals surface area contributed by atoms with E-state index in [9.17, 15) is 8.78 Å². The second-order valence-corrected chi connectivity index (χ2v) is 4.66. The van der Waals surface area contributed by atoms with E-state index < -0.39 is 5.92 Å². The zero-order chi connectivity index (χ0) is 11.1. The largest absolute Gasteiger partial charge is 0.274 e. The number of thiophene rings is 1. The molecule has 0 fully saturated rings. The molecule has 0 spiro atoms. The maximum Gasteiger partial charge on any atom is 0.274 e. The second-order valence-electron chi connectivity index (χ2n) is 3.88. The maximum atomic E-state index is 13.5. The van der Waals surface area contributed by atoms with Crippen LogP contribution < -0.4 is 0 Å². The second kappa shape index (κ2) is 6.21. The molecule has 0 atom stereocenters. The van der Waals surface area contributed by atoms with Gasteiger partial charge in [0.25, 0.3) is 5.92 Å². The van der Waals surface area contributed by atoms with Crippen LogP contribution in [0.2, 0.25) is 0 Å². The SMILES string of the molecule is CCCCCCCC(F)(F)c1ccsc1. The van der Waals surface area contributed by atoms with E-state index in [-0.39, 0.29) is 12.0 Å². The van der Waals surface area contributed by atoms with Crippen LogP contribution in [0.1, 0.15) is 51.0 Å². The molecule has 0 nitrogen and oxygen atoms in total. The van der Waals surface area contributed by atoms with Crippen LogP contribution in [0.3, 0.4) is 0 Å². The minimum absolute atomic E-state index is 0.00650. The van der Waals surface area contributed by atoms with Gasteiger partial charge in [-0.25, -0.2) is 8.78 Å². The normalized spacial score (nSPS) is 11.9. The van der Waals surface area contributed by atoms with E-state index in [0.29, 0.717) is 6.42 Å². The van der Waals surface area contributed by atoms with Crippen molar-refractivity contribution in [1.29, 1.82) is 0 Å². The van der Waals surface area contributed by atoms with Gasteiger partial charge in [0, 0.05) is 12.0 Å². The summed E-state index contributed by atoms with van der Waals surface area (Å²) in [6, 6.07) is 1.52. The first kappa shape index (κ1) is 12.6. The van der Waals surface area contributed by atoms with E-state index in [4.69, 9.17) is 0 Å². The molecule has 1 rings (SSSR count). The summed E-state index contributed by atoms with van der Waals surface area (Å²) < 4.78 is 27.0. The number of halogens is 2. The Morgan fingerprint density at radius 3 is 2.53 bits per heavy atom. The summed E-state index contributed by atoms with van der Waals surface area (Å²) in [6.45, 7) is 2.12. The van der Waals surface area contributed by atoms with Gasteiger partial charge in [0.1, 0.15) is 0 Å². The van der Waals surface area contributed by atoms with Crippen molar-refractivity contribution in [3.05, 3.63) is 22.4 Å². The molecule has 0 aliphatic heterocycles. The summed E-state index contributed by atoms with van der Waals surface area (Å²) in [5.41, 5.74) is 0.183. The first-order chi connectivity index (χ1) is 7.17. The fraction of sp³-hybridized carbons (Fsp3) is 0.667. The molecule has 86 valence electrons. The van der Waals surface area contributed by atoms with Crippen LogP contribution in [-0.2, 0) is 5.92 Å². The third-order valence-electron chi connectivity index (χ3n) is 2.54. The van der Waals surface area contributed by atoms with Crippen molar-refractivity contribution in [2.75, 3.05) is 0 Å². The first-order valence-corrected chi connectivity index (χ1v) is 6.51. The highest BCUT2D eigenvalue weighted by Crippen LogP contribution is 2.34. The molecule has 0 N–H and O–H groups in total. The average Bonchev–Trinajstić information content (AvgIpc) is 2.70. The number of hydrogen-bond donors (Lipinski definition) is 0. The zero-order valence-corrected chi connectivity index (χ0v) is 9.96. The fourth-order valence-corrected chi connectivity index (χ4v) is 2.27. The van der Waals surface area contributed by atoms with Crippen LogP contribution in [0.5, 0.6) is 0 Å². The van der Waals surface area contributed by atoms with Gasteiger partial charge in [0.2, 0.25) is 0 Å². The number of hydrogen-bond acceptors (Lipinski definition) is 1. The highest BCUT2D eigenvalue weighted by atomic mass is 32.1. The molecule has 0 aliphatic carbocycles. The summed E-state index contributed by atoms with van der Waals surface area (Å²) in [4.78, 5) is 0. The Bertz CT molecular complexity index is 255. The molecule has 0 amide bonds. The topological polar surface area (TPSA) is 0 Å². The monoisotopic (exact) mass is 232 g/mol. The lowest BCUT2D eigenvalue weighted by atomic mass is 10.0. The molecule has 1 aromatic rings. The van der Waals surface area contributed by atoms with Crippen LogP contribution in [0.4, 0.5) is 8.78 Å². The lowest BCUT2D eigenvalue weighted by Crippen LogP contribution is -2.11. The Morgan fingerprint density at radius 2 is 1.93 bits per heavy atom. The molecule has 0 bridgehead atoms. The third kappa shape index (κ3) is 4.29. The molecule has 0 saturated carbocycles. The van der Waals surface area contributed by atoms with E-state index in [1.165, 1.54) is 17.4 Å². The van der Waals surface area contributed by atoms with Gasteiger partial charge in [0.05, 0.1) is 0 Å². The minimum atomic E-state index is -2.62. The van der Waals surface area contributed by atoms with Gasteiger partial charge >= 0.3 is 0 Å². The van der Waals surface area contributed by atoms with E-state index in [2.05, 4.69) is 6.92 Å². The van der Waals surface area contributed by atoms with Crippen LogP contribution in [0, 0.1) is 0 Å². The molecule has 15 heavy (non-hydrogen) atoms. The molecular weight excluding hydrogens is 214 g/mol. The van der Waals surface area contributed by atoms with Gasteiger partial charge in [-0.1, -0.05) is 32.6 Å². The molecule has 0 radical (unpaired) electrons. The summed E-state index contributed by atoms with van der Waals surface area (Å²) in [5, 5.41) is 3.26. The quantitative estimate of drug-likeness (QED) is 0.567. The third-order valence-corrected chi connectivity index (χ3v) is 3.22. The van der Waals surface area contributed by atoms with Crippen LogP contribution in [0.25, 0.3) is 0 Å². The Labute approximate surface area is 94.3 Å². The van der Waals surface area contributed by atoms with Gasteiger partial charge in [-0.15, -0.1) is 0 Å². The van der Waals surface area contributed by atoms with Crippen molar-refractivity contribution < 1.29 is 8.78 Å². The van der Waals surface area contributed by atoms with Gasteiger partial charge in [-0.3, -0.25) is 0 Å². The molecule has 1 heterocycles. The summed E-state index contributed by atoms with van der Waals surface area (Å²) in [6.07, 6.45) is 4.94. The Kier molecular flexibility index (Phi) is 5.23. The molecule has 0 aliphatic rings. The molecule has 0 aromatic carbocycles. The molecule has 1 aromatic heterocycles. The van der Waals surface area contributed by atoms with Crippen molar-refractivity contribution in [1.82, 2.24) is 0 Å². The first-order valence-electron chi connectivity index (χ1n) is 5.57. The predicted molar refractivity (Wildman–Crippen MR) is 61.6 cm³/mol. The number of alkyl halides is 2. The Hall–Kier alpha value is -0.440. The van der Waals surface area contributed by atoms with Crippen LogP contribution in [-0.4, -0.2) is 0 Å². The molecule has 0 unspecified atom stereocenters. The fourth-order valence-electron chi connectivity index (χ4n) is 1.57. The summed E-state index contributed by atoms with van der Waals surface area (Å²) in [7, 11) is 0. The van der Waals surface area contributed by atoms with E-state index in [0.717, 1.165) is 25.7 Å². The van der Waals surface area contributed by atoms with Crippen LogP contribution >= 0.6 is 11.3 Å². The van der Waals surface area contributed by atoms with Gasteiger partial charge in [0.15, 0.2) is 0 Å². The Morgan fingerprint density at radius 1 is 1.20 bits per heavy atom. The highest BCUT2D eigenvalue weighted by Gasteiger charge is 2.30. The summed E-state index contributed by atoms with van der Waals surface area (Å²) in [5.74, 6) is -2.62. The smallest absolute Gasteiger partial charge is 0.201 e. The molecular formula is C12H18F2S. The minimum Gasteiger partial charge on any atom is -0.201 e. The number of unbranched alkanes of at least 4 members (excludes halogenated alkanes) is 4. The molecule has 3 heteroatoms. The highest BCUT2D eigenvalue weighted by molar-refractivity contribution is 7.08.